The molecule has 1 fully saturated rings. The molecule has 1 heterocycles. The van der Waals surface area contributed by atoms with Crippen molar-refractivity contribution in [1.29, 1.82) is 0 Å². The lowest BCUT2D eigenvalue weighted by atomic mass is 10.1. The Labute approximate surface area is 150 Å². The van der Waals surface area contributed by atoms with E-state index in [0.717, 1.165) is 0 Å². The van der Waals surface area contributed by atoms with Crippen LogP contribution < -0.4 is 4.74 Å². The van der Waals surface area contributed by atoms with Gasteiger partial charge in [0.05, 0.1) is 5.56 Å². The summed E-state index contributed by atoms with van der Waals surface area (Å²) in [6.07, 6.45) is 1.33. The van der Waals surface area contributed by atoms with E-state index < -0.39 is 23.7 Å². The molecule has 1 saturated heterocycles. The summed E-state index contributed by atoms with van der Waals surface area (Å²) in [6, 6.07) is 15.0. The van der Waals surface area contributed by atoms with Crippen molar-refractivity contribution in [3.63, 3.8) is 0 Å². The number of carbonyl (C=O) groups is 3. The molecule has 1 aliphatic rings. The maximum Gasteiger partial charge on any atom is 0.348 e. The van der Waals surface area contributed by atoms with Crippen molar-refractivity contribution in [1.82, 2.24) is 0 Å². The average molecular weight is 352 g/mol. The first-order valence-electron chi connectivity index (χ1n) is 7.90. The Morgan fingerprint density at radius 3 is 2.27 bits per heavy atom. The summed E-state index contributed by atoms with van der Waals surface area (Å²) >= 11 is 0. The summed E-state index contributed by atoms with van der Waals surface area (Å²) in [6.45, 7) is 2.95. The van der Waals surface area contributed by atoms with Crippen LogP contribution in [0.4, 0.5) is 0 Å². The minimum atomic E-state index is -1.29. The fourth-order valence-electron chi connectivity index (χ4n) is 2.35. The predicted octanol–water partition coefficient (Wildman–Crippen LogP) is 3.13. The first-order valence-corrected chi connectivity index (χ1v) is 7.90. The SMILES string of the molecule is CC1(C)OC(=O)C(=Cc2cccc(OC(=O)c3ccccc3)c2)C(=O)O1. The van der Waals surface area contributed by atoms with E-state index in [1.165, 1.54) is 26.0 Å². The molecule has 2 aromatic carbocycles. The minimum absolute atomic E-state index is 0.226. The largest absolute Gasteiger partial charge is 0.423 e. The van der Waals surface area contributed by atoms with Crippen molar-refractivity contribution in [3.8, 4) is 5.75 Å². The Morgan fingerprint density at radius 1 is 0.962 bits per heavy atom. The minimum Gasteiger partial charge on any atom is -0.423 e. The van der Waals surface area contributed by atoms with Crippen LogP contribution in [0.25, 0.3) is 6.08 Å². The Morgan fingerprint density at radius 2 is 1.62 bits per heavy atom. The van der Waals surface area contributed by atoms with E-state index in [0.29, 0.717) is 11.1 Å². The molecule has 1 aliphatic heterocycles. The van der Waals surface area contributed by atoms with Crippen molar-refractivity contribution in [2.24, 2.45) is 0 Å². The van der Waals surface area contributed by atoms with E-state index in [1.54, 1.807) is 48.5 Å². The zero-order valence-corrected chi connectivity index (χ0v) is 14.2. The van der Waals surface area contributed by atoms with Gasteiger partial charge in [0.15, 0.2) is 0 Å². The highest BCUT2D eigenvalue weighted by Gasteiger charge is 2.38. The topological polar surface area (TPSA) is 78.9 Å². The van der Waals surface area contributed by atoms with Gasteiger partial charge in [-0.3, -0.25) is 0 Å². The quantitative estimate of drug-likeness (QED) is 0.365. The van der Waals surface area contributed by atoms with Crippen LogP contribution in [0.2, 0.25) is 0 Å². The number of carbonyl (C=O) groups excluding carboxylic acids is 3. The molecule has 0 atom stereocenters. The molecular weight excluding hydrogens is 336 g/mol. The zero-order chi connectivity index (χ0) is 18.7. The standard InChI is InChI=1S/C20H16O6/c1-20(2)25-18(22)16(19(23)26-20)12-13-7-6-10-15(11-13)24-17(21)14-8-4-3-5-9-14/h3-12H,1-2H3. The molecule has 26 heavy (non-hydrogen) atoms. The highest BCUT2D eigenvalue weighted by molar-refractivity contribution is 6.18. The van der Waals surface area contributed by atoms with E-state index >= 15 is 0 Å². The molecule has 3 rings (SSSR count). The predicted molar refractivity (Wildman–Crippen MR) is 92.1 cm³/mol. The molecule has 132 valence electrons. The maximum absolute atomic E-state index is 12.1. The number of hydrogen-bond donors (Lipinski definition) is 0. The molecule has 0 unspecified atom stereocenters. The van der Waals surface area contributed by atoms with E-state index in [-0.39, 0.29) is 11.3 Å². The first-order chi connectivity index (χ1) is 12.3. The van der Waals surface area contributed by atoms with Crippen LogP contribution in [0.5, 0.6) is 5.75 Å². The monoisotopic (exact) mass is 352 g/mol. The highest BCUT2D eigenvalue weighted by atomic mass is 16.7. The van der Waals surface area contributed by atoms with Crippen LogP contribution >= 0.6 is 0 Å². The fourth-order valence-corrected chi connectivity index (χ4v) is 2.35. The van der Waals surface area contributed by atoms with Crippen LogP contribution in [0.1, 0.15) is 29.8 Å². The second-order valence-electron chi connectivity index (χ2n) is 6.06. The summed E-state index contributed by atoms with van der Waals surface area (Å²) in [4.78, 5) is 36.1. The van der Waals surface area contributed by atoms with Gasteiger partial charge in [-0.05, 0) is 35.9 Å². The van der Waals surface area contributed by atoms with Gasteiger partial charge >= 0.3 is 17.9 Å². The zero-order valence-electron chi connectivity index (χ0n) is 14.2. The summed E-state index contributed by atoms with van der Waals surface area (Å²) in [5.74, 6) is -3.05. The van der Waals surface area contributed by atoms with E-state index in [1.807, 2.05) is 0 Å². The first kappa shape index (κ1) is 17.4. The molecule has 2 aromatic rings. The van der Waals surface area contributed by atoms with Gasteiger partial charge in [-0.15, -0.1) is 0 Å². The second-order valence-corrected chi connectivity index (χ2v) is 6.06. The van der Waals surface area contributed by atoms with Crippen LogP contribution in [0.3, 0.4) is 0 Å². The number of hydrogen-bond acceptors (Lipinski definition) is 6. The van der Waals surface area contributed by atoms with E-state index in [9.17, 15) is 14.4 Å². The summed E-state index contributed by atoms with van der Waals surface area (Å²) in [5, 5.41) is 0. The lowest BCUT2D eigenvalue weighted by Crippen LogP contribution is -2.41. The van der Waals surface area contributed by atoms with Gasteiger partial charge in [-0.2, -0.15) is 0 Å². The molecule has 0 amide bonds. The smallest absolute Gasteiger partial charge is 0.348 e. The van der Waals surface area contributed by atoms with Gasteiger partial charge < -0.3 is 14.2 Å². The Hall–Kier alpha value is -3.41. The van der Waals surface area contributed by atoms with Gasteiger partial charge in [-0.1, -0.05) is 30.3 Å². The van der Waals surface area contributed by atoms with Gasteiger partial charge in [-0.25, -0.2) is 14.4 Å². The van der Waals surface area contributed by atoms with Gasteiger partial charge in [0.2, 0.25) is 0 Å². The van der Waals surface area contributed by atoms with Crippen molar-refractivity contribution < 1.29 is 28.6 Å². The summed E-state index contributed by atoms with van der Waals surface area (Å²) < 4.78 is 15.4. The van der Waals surface area contributed by atoms with Crippen LogP contribution in [0, 0.1) is 0 Å². The number of rotatable bonds is 3. The van der Waals surface area contributed by atoms with Gasteiger partial charge in [0.25, 0.3) is 5.79 Å². The summed E-state index contributed by atoms with van der Waals surface area (Å²) in [7, 11) is 0. The Kier molecular flexibility index (Phi) is 4.58. The molecule has 0 aliphatic carbocycles. The van der Waals surface area contributed by atoms with Gasteiger partial charge in [0, 0.05) is 13.8 Å². The molecule has 0 saturated carbocycles. The van der Waals surface area contributed by atoms with Crippen molar-refractivity contribution in [2.75, 3.05) is 0 Å². The van der Waals surface area contributed by atoms with Crippen LogP contribution in [0.15, 0.2) is 60.2 Å². The molecule has 6 heteroatoms. The van der Waals surface area contributed by atoms with E-state index in [2.05, 4.69) is 0 Å². The fraction of sp³-hybridized carbons (Fsp3) is 0.150. The third-order valence-electron chi connectivity index (χ3n) is 3.51. The Bertz CT molecular complexity index is 874. The molecule has 0 bridgehead atoms. The molecule has 0 radical (unpaired) electrons. The molecular formula is C20H16O6. The lowest BCUT2D eigenvalue weighted by Gasteiger charge is -2.29. The van der Waals surface area contributed by atoms with Crippen molar-refractivity contribution >= 4 is 24.0 Å². The molecule has 6 nitrogen and oxygen atoms in total. The molecule has 0 N–H and O–H groups in total. The highest BCUT2D eigenvalue weighted by Crippen LogP contribution is 2.25. The van der Waals surface area contributed by atoms with Gasteiger partial charge in [0.1, 0.15) is 11.3 Å². The van der Waals surface area contributed by atoms with E-state index in [4.69, 9.17) is 14.2 Å². The Balaban J connectivity index is 1.80. The normalized spacial score (nSPS) is 15.7. The average Bonchev–Trinajstić information content (AvgIpc) is 2.58. The number of cyclic esters (lactones) is 2. The number of benzene rings is 2. The third-order valence-corrected chi connectivity index (χ3v) is 3.51. The second kappa shape index (κ2) is 6.84. The number of ether oxygens (including phenoxy) is 3. The summed E-state index contributed by atoms with van der Waals surface area (Å²) in [5.41, 5.74) is 0.681. The maximum atomic E-state index is 12.1. The molecule has 0 spiro atoms. The van der Waals surface area contributed by atoms with Crippen LogP contribution in [-0.2, 0) is 19.1 Å². The molecule has 0 aromatic heterocycles. The lowest BCUT2D eigenvalue weighted by molar-refractivity contribution is -0.222. The van der Waals surface area contributed by atoms with Crippen molar-refractivity contribution in [2.45, 2.75) is 19.6 Å². The number of esters is 3. The third kappa shape index (κ3) is 3.97. The van der Waals surface area contributed by atoms with Crippen LogP contribution in [-0.4, -0.2) is 23.7 Å². The van der Waals surface area contributed by atoms with Crippen molar-refractivity contribution in [3.05, 3.63) is 71.3 Å².